The summed E-state index contributed by atoms with van der Waals surface area (Å²) in [5.41, 5.74) is 2.17. The summed E-state index contributed by atoms with van der Waals surface area (Å²) >= 11 is 2.84. The van der Waals surface area contributed by atoms with E-state index in [4.69, 9.17) is 9.84 Å². The molecule has 0 saturated carbocycles. The molecule has 0 spiro atoms. The quantitative estimate of drug-likeness (QED) is 0.227. The zero-order valence-corrected chi connectivity index (χ0v) is 28.5. The van der Waals surface area contributed by atoms with Crippen LogP contribution in [0.1, 0.15) is 58.3 Å². The molecule has 4 heterocycles. The molecule has 2 aromatic heterocycles. The Bertz CT molecular complexity index is 1850. The van der Waals surface area contributed by atoms with E-state index in [2.05, 4.69) is 15.5 Å². The highest BCUT2D eigenvalue weighted by atomic mass is 32.2. The van der Waals surface area contributed by atoms with Crippen molar-refractivity contribution in [2.75, 3.05) is 26.0 Å². The number of thioether (sulfide) groups is 1. The molecule has 1 atom stereocenters. The molecule has 0 radical (unpaired) electrons. The van der Waals surface area contributed by atoms with E-state index in [1.54, 1.807) is 35.1 Å². The van der Waals surface area contributed by atoms with Crippen LogP contribution in [0.3, 0.4) is 0 Å². The maximum absolute atomic E-state index is 13.5. The van der Waals surface area contributed by atoms with E-state index < -0.39 is 10.0 Å². The van der Waals surface area contributed by atoms with Crippen LogP contribution in [-0.2, 0) is 28.4 Å². The molecule has 6 rings (SSSR count). The molecule has 0 bridgehead atoms. The molecule has 2 aliphatic heterocycles. The van der Waals surface area contributed by atoms with Gasteiger partial charge in [0.25, 0.3) is 11.8 Å². The van der Waals surface area contributed by atoms with Gasteiger partial charge in [-0.1, -0.05) is 36.4 Å². The summed E-state index contributed by atoms with van der Waals surface area (Å²) in [7, 11) is -0.180. The minimum absolute atomic E-state index is 0.0961. The number of thiophene rings is 1. The van der Waals surface area contributed by atoms with Gasteiger partial charge in [0.2, 0.25) is 10.0 Å². The monoisotopic (exact) mass is 693 g/mol. The highest BCUT2D eigenvalue weighted by molar-refractivity contribution is 7.99. The molecule has 47 heavy (non-hydrogen) atoms. The number of sulfonamides is 1. The van der Waals surface area contributed by atoms with Crippen LogP contribution in [0, 0.1) is 0 Å². The maximum Gasteiger partial charge on any atom is 0.253 e. The predicted molar refractivity (Wildman–Crippen MR) is 180 cm³/mol. The van der Waals surface area contributed by atoms with Gasteiger partial charge in [0.05, 0.1) is 40.9 Å². The van der Waals surface area contributed by atoms with Crippen LogP contribution in [0.15, 0.2) is 81.2 Å². The van der Waals surface area contributed by atoms with Crippen molar-refractivity contribution >= 4 is 50.6 Å². The first-order chi connectivity index (χ1) is 22.7. The van der Waals surface area contributed by atoms with Gasteiger partial charge in [-0.15, -0.1) is 21.5 Å². The van der Waals surface area contributed by atoms with Crippen molar-refractivity contribution in [2.45, 2.75) is 48.3 Å². The van der Waals surface area contributed by atoms with Crippen LogP contribution in [0.25, 0.3) is 0 Å². The van der Waals surface area contributed by atoms with Crippen LogP contribution >= 0.6 is 23.1 Å². The number of benzene rings is 2. The van der Waals surface area contributed by atoms with Gasteiger partial charge in [0.1, 0.15) is 5.75 Å². The smallest absolute Gasteiger partial charge is 0.253 e. The summed E-state index contributed by atoms with van der Waals surface area (Å²) in [6, 6.07) is 17.4. The minimum Gasteiger partial charge on any atom is -0.497 e. The molecule has 2 aliphatic rings. The Morgan fingerprint density at radius 3 is 2.45 bits per heavy atom. The average Bonchev–Trinajstić information content (AvgIpc) is 3.87. The summed E-state index contributed by atoms with van der Waals surface area (Å²) in [5, 5.41) is 20.1. The number of hydrogen-bond acceptors (Lipinski definition) is 10. The number of piperidine rings is 1. The number of carbonyl (C=O) groups excluding carboxylic acids is 2. The van der Waals surface area contributed by atoms with E-state index in [-0.39, 0.29) is 35.0 Å². The van der Waals surface area contributed by atoms with Crippen LogP contribution in [0.5, 0.6) is 5.75 Å². The maximum atomic E-state index is 13.5. The van der Waals surface area contributed by atoms with Crippen molar-refractivity contribution < 1.29 is 22.7 Å². The Morgan fingerprint density at radius 2 is 1.77 bits per heavy atom. The second-order valence-corrected chi connectivity index (χ2v) is 15.0. The Kier molecular flexibility index (Phi) is 10.1. The third kappa shape index (κ3) is 7.27. The van der Waals surface area contributed by atoms with E-state index in [1.165, 1.54) is 40.3 Å². The lowest BCUT2D eigenvalue weighted by molar-refractivity contribution is -0.130. The third-order valence-corrected chi connectivity index (χ3v) is 12.0. The van der Waals surface area contributed by atoms with Crippen molar-refractivity contribution in [2.24, 2.45) is 12.1 Å². The number of nitrogens with one attached hydrogen (secondary N) is 1. The number of carbonyl (C=O) groups is 2. The Morgan fingerprint density at radius 1 is 1.02 bits per heavy atom. The lowest BCUT2D eigenvalue weighted by atomic mass is 10.0. The van der Waals surface area contributed by atoms with Crippen molar-refractivity contribution in [3.8, 4) is 5.75 Å². The third-order valence-electron chi connectivity index (χ3n) is 8.20. The van der Waals surface area contributed by atoms with E-state index in [0.717, 1.165) is 41.2 Å². The minimum atomic E-state index is -3.57. The second kappa shape index (κ2) is 14.4. The Balaban J connectivity index is 1.06. The van der Waals surface area contributed by atoms with E-state index in [0.29, 0.717) is 36.1 Å². The number of amides is 2. The highest BCUT2D eigenvalue weighted by Gasteiger charge is 2.34. The molecular formula is C32H35N7O5S3. The lowest BCUT2D eigenvalue weighted by Gasteiger charge is -2.25. The molecule has 246 valence electrons. The first-order valence-electron chi connectivity index (χ1n) is 15.2. The van der Waals surface area contributed by atoms with E-state index >= 15 is 0 Å². The number of rotatable bonds is 11. The highest BCUT2D eigenvalue weighted by Crippen LogP contribution is 2.35. The van der Waals surface area contributed by atoms with Crippen molar-refractivity contribution in [1.82, 2.24) is 29.4 Å². The molecule has 1 saturated heterocycles. The van der Waals surface area contributed by atoms with Crippen molar-refractivity contribution in [1.29, 1.82) is 0 Å². The lowest BCUT2D eigenvalue weighted by Crippen LogP contribution is -2.35. The standard InChI is InChI=1S/C32H35N7O5S3/c1-37-29(20-33-31(41)23-10-14-25(15-11-23)47(42,43)38-16-4-3-5-17-38)34-35-32(37)46-21-30(40)39-27(22-8-12-24(44-2)13-9-22)19-26(36-39)28-7-6-18-45-28/h6-15,18,27H,3-5,16-17,19-21H2,1-2H3,(H,33,41)/t27-/m0/s1. The van der Waals surface area contributed by atoms with Crippen LogP contribution < -0.4 is 10.1 Å². The zero-order valence-electron chi connectivity index (χ0n) is 26.0. The molecule has 1 N–H and O–H groups in total. The molecule has 4 aromatic rings. The SMILES string of the molecule is COc1ccc([C@@H]2CC(c3cccs3)=NN2C(=O)CSc2nnc(CNC(=O)c3ccc(S(=O)(=O)N4CCCCC4)cc3)n2C)cc1. The number of ether oxygens (including phenoxy) is 1. The number of hydrazone groups is 1. The van der Waals surface area contributed by atoms with Gasteiger partial charge in [-0.05, 0) is 66.2 Å². The van der Waals surface area contributed by atoms with Gasteiger partial charge in [-0.2, -0.15) is 9.41 Å². The number of hydrogen-bond donors (Lipinski definition) is 1. The van der Waals surface area contributed by atoms with Gasteiger partial charge >= 0.3 is 0 Å². The van der Waals surface area contributed by atoms with E-state index in [1.807, 2.05) is 41.8 Å². The molecule has 2 aromatic carbocycles. The first kappa shape index (κ1) is 32.9. The summed E-state index contributed by atoms with van der Waals surface area (Å²) < 4.78 is 34.4. The largest absolute Gasteiger partial charge is 0.497 e. The fraction of sp³-hybridized carbons (Fsp3) is 0.344. The normalized spacial score (nSPS) is 17.0. The molecular weight excluding hydrogens is 659 g/mol. The van der Waals surface area contributed by atoms with Crippen LogP contribution in [-0.4, -0.2) is 76.0 Å². The average molecular weight is 694 g/mol. The first-order valence-corrected chi connectivity index (χ1v) is 18.5. The molecule has 1 fully saturated rings. The molecule has 15 heteroatoms. The fourth-order valence-electron chi connectivity index (χ4n) is 5.53. The van der Waals surface area contributed by atoms with Gasteiger partial charge in [-0.3, -0.25) is 9.59 Å². The van der Waals surface area contributed by atoms with Gasteiger partial charge < -0.3 is 14.6 Å². The number of methoxy groups -OCH3 is 1. The molecule has 0 aliphatic carbocycles. The van der Waals surface area contributed by atoms with Crippen molar-refractivity contribution in [3.05, 3.63) is 87.9 Å². The molecule has 0 unspecified atom stereocenters. The summed E-state index contributed by atoms with van der Waals surface area (Å²) in [6.45, 7) is 1.14. The summed E-state index contributed by atoms with van der Waals surface area (Å²) in [5.74, 6) is 0.820. The van der Waals surface area contributed by atoms with Crippen LogP contribution in [0.4, 0.5) is 0 Å². The van der Waals surface area contributed by atoms with Crippen LogP contribution in [0.2, 0.25) is 0 Å². The van der Waals surface area contributed by atoms with Gasteiger partial charge in [0, 0.05) is 32.1 Å². The molecule has 2 amide bonds. The van der Waals surface area contributed by atoms with Gasteiger partial charge in [0.15, 0.2) is 11.0 Å². The Hall–Kier alpha value is -4.05. The Labute approximate surface area is 281 Å². The summed E-state index contributed by atoms with van der Waals surface area (Å²) in [4.78, 5) is 27.6. The number of nitrogens with zero attached hydrogens (tertiary/aromatic N) is 6. The number of aromatic nitrogens is 3. The topological polar surface area (TPSA) is 139 Å². The predicted octanol–water partition coefficient (Wildman–Crippen LogP) is 4.46. The van der Waals surface area contributed by atoms with Gasteiger partial charge in [-0.25, -0.2) is 13.4 Å². The van der Waals surface area contributed by atoms with E-state index in [9.17, 15) is 18.0 Å². The zero-order chi connectivity index (χ0) is 33.0. The summed E-state index contributed by atoms with van der Waals surface area (Å²) in [6.07, 6.45) is 3.35. The second-order valence-electron chi connectivity index (χ2n) is 11.2. The van der Waals surface area contributed by atoms with Crippen molar-refractivity contribution in [3.63, 3.8) is 0 Å². The molecule has 12 nitrogen and oxygen atoms in total. The fourth-order valence-corrected chi connectivity index (χ4v) is 8.55.